The van der Waals surface area contributed by atoms with Crippen molar-refractivity contribution in [3.05, 3.63) is 82.3 Å². The van der Waals surface area contributed by atoms with Crippen LogP contribution in [0.1, 0.15) is 23.2 Å². The largest absolute Gasteiger partial charge is 0.412 e. The highest BCUT2D eigenvalue weighted by molar-refractivity contribution is 6.43. The zero-order chi connectivity index (χ0) is 26.2. The molecule has 0 radical (unpaired) electrons. The molecule has 1 aliphatic rings. The first-order chi connectivity index (χ1) is 17.9. The third-order valence-corrected chi connectivity index (χ3v) is 7.15. The molecule has 3 N–H and O–H groups in total. The lowest BCUT2D eigenvalue weighted by atomic mass is 10.0. The van der Waals surface area contributed by atoms with Crippen LogP contribution in [0.15, 0.2) is 66.7 Å². The molecule has 1 saturated heterocycles. The molecule has 9 heteroatoms. The molecule has 0 bridgehead atoms. The molecule has 7 nitrogen and oxygen atoms in total. The van der Waals surface area contributed by atoms with Crippen LogP contribution in [0.4, 0.5) is 10.5 Å². The van der Waals surface area contributed by atoms with Gasteiger partial charge >= 0.3 is 6.09 Å². The van der Waals surface area contributed by atoms with Gasteiger partial charge in [0.25, 0.3) is 0 Å². The van der Waals surface area contributed by atoms with Crippen molar-refractivity contribution < 1.29 is 14.3 Å². The molecule has 0 spiro atoms. The number of rotatable bonds is 9. The Morgan fingerprint density at radius 2 is 1.59 bits per heavy atom. The number of unbranched alkanes of at least 4 members (excludes halogenated alkanes) is 1. The van der Waals surface area contributed by atoms with Crippen molar-refractivity contribution in [1.82, 2.24) is 10.2 Å². The van der Waals surface area contributed by atoms with Crippen LogP contribution in [0, 0.1) is 0 Å². The monoisotopic (exact) mass is 540 g/mol. The number of primary amides is 1. The fourth-order valence-electron chi connectivity index (χ4n) is 4.33. The third kappa shape index (κ3) is 7.38. The van der Waals surface area contributed by atoms with Gasteiger partial charge in [-0.25, -0.2) is 4.79 Å². The van der Waals surface area contributed by atoms with Gasteiger partial charge in [-0.3, -0.25) is 9.69 Å². The number of nitrogens with one attached hydrogen (secondary N) is 1. The Balaban J connectivity index is 1.16. The molecule has 0 saturated carbocycles. The van der Waals surface area contributed by atoms with Crippen molar-refractivity contribution in [2.24, 2.45) is 5.73 Å². The van der Waals surface area contributed by atoms with E-state index in [9.17, 15) is 9.59 Å². The van der Waals surface area contributed by atoms with E-state index < -0.39 is 12.0 Å². The number of hydrogen-bond donors (Lipinski definition) is 2. The molecular formula is C28H30Cl2N4O3. The van der Waals surface area contributed by atoms with Gasteiger partial charge in [0.05, 0.1) is 15.7 Å². The highest BCUT2D eigenvalue weighted by Crippen LogP contribution is 2.33. The minimum atomic E-state index is -0.491. The first kappa shape index (κ1) is 26.8. The number of ether oxygens (including phenoxy) is 1. The van der Waals surface area contributed by atoms with Crippen LogP contribution < -0.4 is 20.7 Å². The summed E-state index contributed by atoms with van der Waals surface area (Å²) in [6.07, 6.45) is 1.34. The number of amides is 2. The molecule has 2 amide bonds. The Hall–Kier alpha value is -3.26. The first-order valence-electron chi connectivity index (χ1n) is 12.3. The van der Waals surface area contributed by atoms with Crippen molar-refractivity contribution in [2.45, 2.75) is 12.8 Å². The second-order valence-electron chi connectivity index (χ2n) is 8.90. The number of nitrogens with zero attached hydrogens (tertiary/aromatic N) is 2. The molecule has 0 unspecified atom stereocenters. The second-order valence-corrected chi connectivity index (χ2v) is 9.68. The van der Waals surface area contributed by atoms with Crippen LogP contribution in [0.5, 0.6) is 5.75 Å². The van der Waals surface area contributed by atoms with Crippen molar-refractivity contribution in [3.63, 3.8) is 0 Å². The fraction of sp³-hybridized carbons (Fsp3) is 0.286. The van der Waals surface area contributed by atoms with Gasteiger partial charge in [-0.05, 0) is 66.9 Å². The van der Waals surface area contributed by atoms with Gasteiger partial charge in [-0.15, -0.1) is 0 Å². The van der Waals surface area contributed by atoms with Crippen molar-refractivity contribution in [1.29, 1.82) is 0 Å². The molecule has 194 valence electrons. The van der Waals surface area contributed by atoms with E-state index in [4.69, 9.17) is 33.7 Å². The molecule has 3 aromatic rings. The van der Waals surface area contributed by atoms with Gasteiger partial charge in [0, 0.05) is 38.3 Å². The highest BCUT2D eigenvalue weighted by atomic mass is 35.5. The van der Waals surface area contributed by atoms with E-state index in [-0.39, 0.29) is 0 Å². The molecule has 0 aliphatic carbocycles. The Morgan fingerprint density at radius 1 is 0.892 bits per heavy atom. The van der Waals surface area contributed by atoms with Crippen molar-refractivity contribution in [3.8, 4) is 16.9 Å². The second kappa shape index (κ2) is 12.8. The van der Waals surface area contributed by atoms with Gasteiger partial charge in [0.1, 0.15) is 5.75 Å². The summed E-state index contributed by atoms with van der Waals surface area (Å²) in [4.78, 5) is 28.4. The van der Waals surface area contributed by atoms with Crippen LogP contribution in [-0.4, -0.2) is 56.2 Å². The smallest absolute Gasteiger partial charge is 0.410 e. The standard InChI is InChI=1S/C28H30Cl2N4O3/c29-24-10-5-11-25(26(24)30)34-16-14-33(15-17-34)13-2-1-12-32-28(36)37-23-9-4-7-21(19-23)20-6-3-8-22(18-20)27(31)35/h3-11,18-19H,1-2,12-17H2,(H2,31,35)(H,32,36). The van der Waals surface area contributed by atoms with Gasteiger partial charge in [0.15, 0.2) is 0 Å². The number of anilines is 1. The maximum absolute atomic E-state index is 12.3. The molecule has 1 aliphatic heterocycles. The molecule has 0 aromatic heterocycles. The van der Waals surface area contributed by atoms with Crippen LogP contribution in [0.25, 0.3) is 11.1 Å². The normalized spacial score (nSPS) is 13.8. The molecule has 1 fully saturated rings. The van der Waals surface area contributed by atoms with E-state index in [1.165, 1.54) is 0 Å². The third-order valence-electron chi connectivity index (χ3n) is 6.34. The molecule has 4 rings (SSSR count). The number of hydrogen-bond acceptors (Lipinski definition) is 5. The van der Waals surface area contributed by atoms with E-state index in [1.807, 2.05) is 24.3 Å². The summed E-state index contributed by atoms with van der Waals surface area (Å²) in [6, 6.07) is 19.9. The maximum atomic E-state index is 12.3. The highest BCUT2D eigenvalue weighted by Gasteiger charge is 2.19. The van der Waals surface area contributed by atoms with Gasteiger partial charge in [-0.1, -0.05) is 53.5 Å². The van der Waals surface area contributed by atoms with Gasteiger partial charge in [-0.2, -0.15) is 0 Å². The van der Waals surface area contributed by atoms with E-state index >= 15 is 0 Å². The number of halogens is 2. The first-order valence-corrected chi connectivity index (χ1v) is 13.0. The van der Waals surface area contributed by atoms with E-state index in [2.05, 4.69) is 15.1 Å². The predicted octanol–water partition coefficient (Wildman–Crippen LogP) is 5.45. The summed E-state index contributed by atoms with van der Waals surface area (Å²) in [7, 11) is 0. The Kier molecular flexibility index (Phi) is 9.28. The van der Waals surface area contributed by atoms with Gasteiger partial charge < -0.3 is 20.7 Å². The Morgan fingerprint density at radius 3 is 2.35 bits per heavy atom. The number of benzene rings is 3. The molecule has 1 heterocycles. The quantitative estimate of drug-likeness (QED) is 0.352. The topological polar surface area (TPSA) is 87.9 Å². The molecule has 3 aromatic carbocycles. The van der Waals surface area contributed by atoms with Crippen LogP contribution in [0.3, 0.4) is 0 Å². The summed E-state index contributed by atoms with van der Waals surface area (Å²) >= 11 is 12.5. The molecular weight excluding hydrogens is 511 g/mol. The summed E-state index contributed by atoms with van der Waals surface area (Å²) < 4.78 is 5.44. The van der Waals surface area contributed by atoms with E-state index in [0.717, 1.165) is 62.4 Å². The predicted molar refractivity (Wildman–Crippen MR) is 149 cm³/mol. The van der Waals surface area contributed by atoms with Gasteiger partial charge in [0.2, 0.25) is 5.91 Å². The Bertz CT molecular complexity index is 1250. The minimum Gasteiger partial charge on any atom is -0.410 e. The number of nitrogens with two attached hydrogens (primary N) is 1. The molecule has 37 heavy (non-hydrogen) atoms. The fourth-order valence-corrected chi connectivity index (χ4v) is 4.75. The zero-order valence-corrected chi connectivity index (χ0v) is 22.0. The minimum absolute atomic E-state index is 0.425. The molecule has 0 atom stereocenters. The summed E-state index contributed by atoms with van der Waals surface area (Å²) in [5.74, 6) is -0.0597. The van der Waals surface area contributed by atoms with Crippen molar-refractivity contribution >= 4 is 40.9 Å². The summed E-state index contributed by atoms with van der Waals surface area (Å²) in [5, 5.41) is 4.01. The SMILES string of the molecule is NC(=O)c1cccc(-c2cccc(OC(=O)NCCCCN3CCN(c4cccc(Cl)c4Cl)CC3)c2)c1. The summed E-state index contributed by atoms with van der Waals surface area (Å²) in [6.45, 7) is 5.22. The number of carbonyl (C=O) groups is 2. The average molecular weight is 541 g/mol. The van der Waals surface area contributed by atoms with Crippen LogP contribution >= 0.6 is 23.2 Å². The van der Waals surface area contributed by atoms with E-state index in [0.29, 0.717) is 27.9 Å². The number of carbonyl (C=O) groups excluding carboxylic acids is 2. The van der Waals surface area contributed by atoms with Crippen LogP contribution in [0.2, 0.25) is 10.0 Å². The lowest BCUT2D eigenvalue weighted by Crippen LogP contribution is -2.46. The maximum Gasteiger partial charge on any atom is 0.412 e. The lowest BCUT2D eigenvalue weighted by Gasteiger charge is -2.36. The summed E-state index contributed by atoms with van der Waals surface area (Å²) in [5.41, 5.74) is 8.43. The lowest BCUT2D eigenvalue weighted by molar-refractivity contribution is 0.1000. The van der Waals surface area contributed by atoms with Crippen molar-refractivity contribution in [2.75, 3.05) is 44.2 Å². The zero-order valence-electron chi connectivity index (χ0n) is 20.5. The Labute approximate surface area is 227 Å². The average Bonchev–Trinajstić information content (AvgIpc) is 2.91. The van der Waals surface area contributed by atoms with E-state index in [1.54, 1.807) is 42.5 Å². The van der Waals surface area contributed by atoms with Crippen LogP contribution in [-0.2, 0) is 0 Å². The number of piperazine rings is 1.